The SMILES string of the molecule is COc1ccc(NC(=O)CN2C(=O)CS/C2=C\C(=O)C(C)(C)C)cc1Cl. The lowest BCUT2D eigenvalue weighted by Gasteiger charge is -2.19. The van der Waals surface area contributed by atoms with Crippen molar-refractivity contribution in [2.45, 2.75) is 20.8 Å². The molecule has 1 N–H and O–H groups in total. The number of nitrogens with one attached hydrogen (secondary N) is 1. The summed E-state index contributed by atoms with van der Waals surface area (Å²) in [6.07, 6.45) is 1.44. The molecule has 0 bridgehead atoms. The first-order chi connectivity index (χ1) is 12.1. The Morgan fingerprint density at radius 3 is 2.65 bits per heavy atom. The molecular weight excluding hydrogens is 376 g/mol. The molecule has 0 unspecified atom stereocenters. The maximum atomic E-state index is 12.3. The summed E-state index contributed by atoms with van der Waals surface area (Å²) in [5.41, 5.74) is -0.0520. The Morgan fingerprint density at radius 1 is 1.38 bits per heavy atom. The quantitative estimate of drug-likeness (QED) is 0.772. The molecule has 0 atom stereocenters. The van der Waals surface area contributed by atoms with E-state index < -0.39 is 5.41 Å². The number of carbonyl (C=O) groups is 3. The molecule has 1 aliphatic heterocycles. The summed E-state index contributed by atoms with van der Waals surface area (Å²) in [7, 11) is 1.50. The van der Waals surface area contributed by atoms with Gasteiger partial charge in [0.25, 0.3) is 0 Å². The Labute approximate surface area is 161 Å². The summed E-state index contributed by atoms with van der Waals surface area (Å²) in [4.78, 5) is 37.9. The molecule has 1 heterocycles. The lowest BCUT2D eigenvalue weighted by Crippen LogP contribution is -2.34. The van der Waals surface area contributed by atoms with Crippen LogP contribution in [0.5, 0.6) is 5.75 Å². The largest absolute Gasteiger partial charge is 0.495 e. The maximum absolute atomic E-state index is 12.3. The van der Waals surface area contributed by atoms with E-state index in [2.05, 4.69) is 5.32 Å². The summed E-state index contributed by atoms with van der Waals surface area (Å²) < 4.78 is 5.07. The average Bonchev–Trinajstić information content (AvgIpc) is 2.87. The molecule has 0 radical (unpaired) electrons. The average molecular weight is 397 g/mol. The number of halogens is 1. The molecule has 1 aromatic carbocycles. The van der Waals surface area contributed by atoms with E-state index in [1.54, 1.807) is 39.0 Å². The summed E-state index contributed by atoms with van der Waals surface area (Å²) in [6.45, 7) is 5.24. The second-order valence-corrected chi connectivity index (χ2v) is 8.17. The number of anilines is 1. The highest BCUT2D eigenvalue weighted by atomic mass is 35.5. The van der Waals surface area contributed by atoms with Crippen LogP contribution in [0, 0.1) is 5.41 Å². The van der Waals surface area contributed by atoms with Gasteiger partial charge in [-0.25, -0.2) is 0 Å². The molecule has 6 nitrogen and oxygen atoms in total. The van der Waals surface area contributed by atoms with Crippen molar-refractivity contribution in [1.29, 1.82) is 0 Å². The van der Waals surface area contributed by atoms with Gasteiger partial charge in [-0.2, -0.15) is 0 Å². The summed E-state index contributed by atoms with van der Waals surface area (Å²) in [5, 5.41) is 3.56. The highest BCUT2D eigenvalue weighted by Crippen LogP contribution is 2.31. The molecule has 0 aromatic heterocycles. The molecule has 1 saturated heterocycles. The predicted octanol–water partition coefficient (Wildman–Crippen LogP) is 3.32. The van der Waals surface area contributed by atoms with Crippen LogP contribution in [0.2, 0.25) is 5.02 Å². The Morgan fingerprint density at radius 2 is 2.08 bits per heavy atom. The van der Waals surface area contributed by atoms with Crippen LogP contribution < -0.4 is 10.1 Å². The molecule has 26 heavy (non-hydrogen) atoms. The van der Waals surface area contributed by atoms with Gasteiger partial charge in [0.1, 0.15) is 12.3 Å². The van der Waals surface area contributed by atoms with Crippen molar-refractivity contribution in [2.75, 3.05) is 24.7 Å². The molecule has 0 aliphatic carbocycles. The number of nitrogens with zero attached hydrogens (tertiary/aromatic N) is 1. The minimum atomic E-state index is -0.549. The van der Waals surface area contributed by atoms with Crippen LogP contribution >= 0.6 is 23.4 Å². The second-order valence-electron chi connectivity index (χ2n) is 6.76. The van der Waals surface area contributed by atoms with Crippen LogP contribution in [0.1, 0.15) is 20.8 Å². The lowest BCUT2D eigenvalue weighted by molar-refractivity contribution is -0.129. The first kappa shape index (κ1) is 20.3. The first-order valence-corrected chi connectivity index (χ1v) is 9.31. The Kier molecular flexibility index (Phi) is 6.36. The fraction of sp³-hybridized carbons (Fsp3) is 0.389. The van der Waals surface area contributed by atoms with Crippen molar-refractivity contribution in [3.63, 3.8) is 0 Å². The van der Waals surface area contributed by atoms with Gasteiger partial charge in [0.05, 0.1) is 22.9 Å². The highest BCUT2D eigenvalue weighted by molar-refractivity contribution is 8.04. The first-order valence-electron chi connectivity index (χ1n) is 7.94. The summed E-state index contributed by atoms with van der Waals surface area (Å²) in [6, 6.07) is 4.86. The minimum absolute atomic E-state index is 0.0953. The molecule has 0 spiro atoms. The zero-order chi connectivity index (χ0) is 19.5. The van der Waals surface area contributed by atoms with E-state index in [1.165, 1.54) is 29.8 Å². The standard InChI is InChI=1S/C18H21ClN2O4S/c1-18(2,3)14(22)8-17-21(16(24)10-26-17)9-15(23)20-11-5-6-13(25-4)12(19)7-11/h5-8H,9-10H2,1-4H3,(H,20,23)/b17-8-. The number of carbonyl (C=O) groups excluding carboxylic acids is 3. The van der Waals surface area contributed by atoms with Gasteiger partial charge >= 0.3 is 0 Å². The Balaban J connectivity index is 2.08. The van der Waals surface area contributed by atoms with Crippen LogP contribution in [0.25, 0.3) is 0 Å². The van der Waals surface area contributed by atoms with Gasteiger partial charge in [0.2, 0.25) is 11.8 Å². The zero-order valence-electron chi connectivity index (χ0n) is 15.1. The van der Waals surface area contributed by atoms with Crippen LogP contribution in [0.3, 0.4) is 0 Å². The van der Waals surface area contributed by atoms with Gasteiger partial charge < -0.3 is 10.1 Å². The highest BCUT2D eigenvalue weighted by Gasteiger charge is 2.30. The van der Waals surface area contributed by atoms with Crippen molar-refractivity contribution < 1.29 is 19.1 Å². The van der Waals surface area contributed by atoms with Gasteiger partial charge in [0, 0.05) is 17.2 Å². The minimum Gasteiger partial charge on any atom is -0.495 e. The number of hydrogen-bond donors (Lipinski definition) is 1. The van der Waals surface area contributed by atoms with E-state index in [9.17, 15) is 14.4 Å². The molecule has 140 valence electrons. The van der Waals surface area contributed by atoms with Crippen molar-refractivity contribution in [3.8, 4) is 5.75 Å². The van der Waals surface area contributed by atoms with Crippen LogP contribution in [-0.2, 0) is 14.4 Å². The maximum Gasteiger partial charge on any atom is 0.244 e. The van der Waals surface area contributed by atoms with Gasteiger partial charge in [-0.1, -0.05) is 44.1 Å². The van der Waals surface area contributed by atoms with E-state index in [0.29, 0.717) is 21.5 Å². The van der Waals surface area contributed by atoms with Crippen molar-refractivity contribution in [3.05, 3.63) is 34.3 Å². The van der Waals surface area contributed by atoms with E-state index in [-0.39, 0.29) is 29.9 Å². The number of methoxy groups -OCH3 is 1. The van der Waals surface area contributed by atoms with Crippen molar-refractivity contribution in [2.24, 2.45) is 5.41 Å². The summed E-state index contributed by atoms with van der Waals surface area (Å²) >= 11 is 7.30. The third-order valence-electron chi connectivity index (χ3n) is 3.64. The van der Waals surface area contributed by atoms with Gasteiger partial charge in [-0.05, 0) is 18.2 Å². The molecule has 1 fully saturated rings. The number of rotatable bonds is 5. The number of hydrogen-bond acceptors (Lipinski definition) is 5. The molecule has 1 aromatic rings. The fourth-order valence-corrected chi connectivity index (χ4v) is 3.31. The number of ketones is 1. The van der Waals surface area contributed by atoms with E-state index in [1.807, 2.05) is 0 Å². The fourth-order valence-electron chi connectivity index (χ4n) is 2.12. The van der Waals surface area contributed by atoms with E-state index >= 15 is 0 Å². The van der Waals surface area contributed by atoms with Gasteiger partial charge in [-0.15, -0.1) is 0 Å². The smallest absolute Gasteiger partial charge is 0.244 e. The van der Waals surface area contributed by atoms with E-state index in [0.717, 1.165) is 0 Å². The Hall–Kier alpha value is -1.99. The number of thioether (sulfide) groups is 1. The van der Waals surface area contributed by atoms with Crippen LogP contribution in [0.4, 0.5) is 5.69 Å². The van der Waals surface area contributed by atoms with E-state index in [4.69, 9.17) is 16.3 Å². The number of allylic oxidation sites excluding steroid dienone is 1. The second kappa shape index (κ2) is 8.14. The molecular formula is C18H21ClN2O4S. The third-order valence-corrected chi connectivity index (χ3v) is 4.96. The number of benzene rings is 1. The van der Waals surface area contributed by atoms with Gasteiger partial charge in [0.15, 0.2) is 5.78 Å². The van der Waals surface area contributed by atoms with Crippen molar-refractivity contribution >= 4 is 46.6 Å². The monoisotopic (exact) mass is 396 g/mol. The van der Waals surface area contributed by atoms with Crippen LogP contribution in [-0.4, -0.2) is 41.9 Å². The number of ether oxygens (including phenoxy) is 1. The third kappa shape index (κ3) is 5.02. The van der Waals surface area contributed by atoms with Crippen LogP contribution in [0.15, 0.2) is 29.3 Å². The van der Waals surface area contributed by atoms with Gasteiger partial charge in [-0.3, -0.25) is 19.3 Å². The lowest BCUT2D eigenvalue weighted by atomic mass is 9.91. The van der Waals surface area contributed by atoms with Crippen molar-refractivity contribution in [1.82, 2.24) is 4.90 Å². The Bertz CT molecular complexity index is 771. The molecule has 2 amide bonds. The zero-order valence-corrected chi connectivity index (χ0v) is 16.7. The molecule has 0 saturated carbocycles. The molecule has 1 aliphatic rings. The number of amides is 2. The summed E-state index contributed by atoms with van der Waals surface area (Å²) in [5.74, 6) is 0.0380. The molecule has 8 heteroatoms. The predicted molar refractivity (Wildman–Crippen MR) is 103 cm³/mol. The normalized spacial score (nSPS) is 16.1. The topological polar surface area (TPSA) is 75.7 Å². The molecule has 2 rings (SSSR count).